The van der Waals surface area contributed by atoms with Gasteiger partial charge in [0.1, 0.15) is 11.8 Å². The van der Waals surface area contributed by atoms with Crippen molar-refractivity contribution in [1.82, 2.24) is 0 Å². The molecule has 6 heteroatoms. The van der Waals surface area contributed by atoms with Crippen molar-refractivity contribution in [2.75, 3.05) is 11.9 Å². The minimum Gasteiger partial charge on any atom is -0.479 e. The van der Waals surface area contributed by atoms with Crippen molar-refractivity contribution in [3.05, 3.63) is 94.5 Å². The third-order valence-electron chi connectivity index (χ3n) is 3.92. The van der Waals surface area contributed by atoms with Crippen LogP contribution in [0.25, 0.3) is 0 Å². The molecule has 1 amide bonds. The molecule has 5 nitrogen and oxygen atoms in total. The molecular weight excluding hydrogens is 376 g/mol. The number of ether oxygens (including phenoxy) is 1. The number of nitrogens with zero attached hydrogens (tertiary/aromatic N) is 1. The molecule has 3 aromatic carbocycles. The lowest BCUT2D eigenvalue weighted by molar-refractivity contribution is 0.0996. The number of carbonyl (C=O) groups is 2. The van der Waals surface area contributed by atoms with E-state index in [0.29, 0.717) is 27.6 Å². The number of rotatable bonds is 6. The number of halogens is 1. The third-order valence-corrected chi connectivity index (χ3v) is 4.17. The Morgan fingerprint density at radius 1 is 0.964 bits per heavy atom. The van der Waals surface area contributed by atoms with Gasteiger partial charge in [0, 0.05) is 27.9 Å². The first-order valence-corrected chi connectivity index (χ1v) is 8.77. The molecule has 138 valence electrons. The SMILES string of the molecule is N#CCOc1cccc(NC(=O)c2ccccc2C(=O)c2ccc(Cl)cc2)c1. The van der Waals surface area contributed by atoms with Gasteiger partial charge in [0.25, 0.3) is 5.91 Å². The fourth-order valence-electron chi connectivity index (χ4n) is 2.61. The van der Waals surface area contributed by atoms with Gasteiger partial charge in [-0.1, -0.05) is 35.9 Å². The molecule has 3 rings (SSSR count). The van der Waals surface area contributed by atoms with Crippen LogP contribution in [0.5, 0.6) is 5.75 Å². The molecule has 0 saturated carbocycles. The summed E-state index contributed by atoms with van der Waals surface area (Å²) in [5, 5.41) is 11.9. The molecular formula is C22H15ClN2O3. The number of nitriles is 1. The number of carbonyl (C=O) groups excluding carboxylic acids is 2. The first kappa shape index (κ1) is 19.2. The molecule has 0 fully saturated rings. The zero-order chi connectivity index (χ0) is 19.9. The molecule has 0 unspecified atom stereocenters. The van der Waals surface area contributed by atoms with E-state index in [1.807, 2.05) is 6.07 Å². The highest BCUT2D eigenvalue weighted by Gasteiger charge is 2.18. The van der Waals surface area contributed by atoms with Crippen LogP contribution in [0.2, 0.25) is 5.02 Å². The number of nitrogens with one attached hydrogen (secondary N) is 1. The van der Waals surface area contributed by atoms with Gasteiger partial charge in [-0.15, -0.1) is 0 Å². The van der Waals surface area contributed by atoms with Gasteiger partial charge in [0.15, 0.2) is 12.4 Å². The molecule has 1 N–H and O–H groups in total. The topological polar surface area (TPSA) is 79.2 Å². The van der Waals surface area contributed by atoms with Gasteiger partial charge >= 0.3 is 0 Å². The Balaban J connectivity index is 1.84. The van der Waals surface area contributed by atoms with Crippen LogP contribution in [0.15, 0.2) is 72.8 Å². The predicted molar refractivity (Wildman–Crippen MR) is 107 cm³/mol. The van der Waals surface area contributed by atoms with Gasteiger partial charge in [-0.2, -0.15) is 5.26 Å². The second-order valence-electron chi connectivity index (χ2n) is 5.81. The summed E-state index contributed by atoms with van der Waals surface area (Å²) < 4.78 is 5.24. The summed E-state index contributed by atoms with van der Waals surface area (Å²) in [5.74, 6) is -0.228. The van der Waals surface area contributed by atoms with Gasteiger partial charge < -0.3 is 10.1 Å². The van der Waals surface area contributed by atoms with Gasteiger partial charge in [-0.05, 0) is 42.5 Å². The van der Waals surface area contributed by atoms with Crippen LogP contribution in [0.3, 0.4) is 0 Å². The standard InChI is InChI=1S/C22H15ClN2O3/c23-16-10-8-15(9-11-16)21(26)19-6-1-2-7-20(19)22(27)25-17-4-3-5-18(14-17)28-13-12-24/h1-11,14H,13H2,(H,25,27). The van der Waals surface area contributed by atoms with Crippen LogP contribution < -0.4 is 10.1 Å². The van der Waals surface area contributed by atoms with Crippen molar-refractivity contribution in [2.45, 2.75) is 0 Å². The number of ketones is 1. The Labute approximate surface area is 167 Å². The van der Waals surface area contributed by atoms with E-state index in [1.54, 1.807) is 72.8 Å². The molecule has 0 bridgehead atoms. The van der Waals surface area contributed by atoms with Crippen molar-refractivity contribution in [3.63, 3.8) is 0 Å². The summed E-state index contributed by atoms with van der Waals surface area (Å²) in [6.07, 6.45) is 0. The first-order valence-electron chi connectivity index (χ1n) is 8.39. The van der Waals surface area contributed by atoms with E-state index in [2.05, 4.69) is 5.32 Å². The van der Waals surface area contributed by atoms with E-state index in [0.717, 1.165) is 0 Å². The summed E-state index contributed by atoms with van der Waals surface area (Å²) >= 11 is 5.88. The molecule has 0 radical (unpaired) electrons. The van der Waals surface area contributed by atoms with Crippen LogP contribution in [-0.2, 0) is 0 Å². The molecule has 0 spiro atoms. The number of benzene rings is 3. The minimum atomic E-state index is -0.421. The summed E-state index contributed by atoms with van der Waals surface area (Å²) in [4.78, 5) is 25.6. The largest absolute Gasteiger partial charge is 0.479 e. The molecule has 0 aliphatic rings. The second-order valence-corrected chi connectivity index (χ2v) is 6.25. The van der Waals surface area contributed by atoms with Gasteiger partial charge in [-0.3, -0.25) is 9.59 Å². The Kier molecular flexibility index (Phi) is 6.05. The lowest BCUT2D eigenvalue weighted by Crippen LogP contribution is -2.17. The van der Waals surface area contributed by atoms with Crippen LogP contribution in [0.1, 0.15) is 26.3 Å². The van der Waals surface area contributed by atoms with Crippen molar-refractivity contribution < 1.29 is 14.3 Å². The number of amides is 1. The highest BCUT2D eigenvalue weighted by molar-refractivity contribution is 6.30. The van der Waals surface area contributed by atoms with Crippen molar-refractivity contribution in [3.8, 4) is 11.8 Å². The Hall–Kier alpha value is -3.62. The van der Waals surface area contributed by atoms with E-state index >= 15 is 0 Å². The van der Waals surface area contributed by atoms with Crippen LogP contribution >= 0.6 is 11.6 Å². The Morgan fingerprint density at radius 2 is 1.68 bits per heavy atom. The molecule has 0 heterocycles. The van der Waals surface area contributed by atoms with Gasteiger partial charge in [0.05, 0.1) is 5.56 Å². The summed E-state index contributed by atoms with van der Waals surface area (Å²) in [6.45, 7) is -0.0875. The van der Waals surface area contributed by atoms with Crippen LogP contribution in [-0.4, -0.2) is 18.3 Å². The maximum Gasteiger partial charge on any atom is 0.256 e. The lowest BCUT2D eigenvalue weighted by atomic mass is 9.98. The van der Waals surface area contributed by atoms with Crippen LogP contribution in [0, 0.1) is 11.3 Å². The van der Waals surface area contributed by atoms with E-state index in [4.69, 9.17) is 21.6 Å². The highest BCUT2D eigenvalue weighted by Crippen LogP contribution is 2.21. The van der Waals surface area contributed by atoms with Crippen molar-refractivity contribution >= 4 is 29.0 Å². The fraction of sp³-hybridized carbons (Fsp3) is 0.0455. The normalized spacial score (nSPS) is 10.0. The molecule has 0 aliphatic heterocycles. The van der Waals surface area contributed by atoms with Crippen molar-refractivity contribution in [1.29, 1.82) is 5.26 Å². The zero-order valence-electron chi connectivity index (χ0n) is 14.7. The van der Waals surface area contributed by atoms with Crippen molar-refractivity contribution in [2.24, 2.45) is 0 Å². The molecule has 3 aromatic rings. The highest BCUT2D eigenvalue weighted by atomic mass is 35.5. The second kappa shape index (κ2) is 8.85. The maximum absolute atomic E-state index is 12.8. The summed E-state index contributed by atoms with van der Waals surface area (Å²) in [5.41, 5.74) is 1.48. The summed E-state index contributed by atoms with van der Waals surface area (Å²) in [7, 11) is 0. The lowest BCUT2D eigenvalue weighted by Gasteiger charge is -2.11. The Bertz CT molecular complexity index is 1060. The molecule has 28 heavy (non-hydrogen) atoms. The quantitative estimate of drug-likeness (QED) is 0.617. The molecule has 0 atom stereocenters. The molecule has 0 aromatic heterocycles. The van der Waals surface area contributed by atoms with E-state index in [1.165, 1.54) is 0 Å². The monoisotopic (exact) mass is 390 g/mol. The maximum atomic E-state index is 12.8. The van der Waals surface area contributed by atoms with E-state index in [-0.39, 0.29) is 18.0 Å². The van der Waals surface area contributed by atoms with E-state index < -0.39 is 5.91 Å². The van der Waals surface area contributed by atoms with Gasteiger partial charge in [0.2, 0.25) is 0 Å². The van der Waals surface area contributed by atoms with E-state index in [9.17, 15) is 9.59 Å². The summed E-state index contributed by atoms with van der Waals surface area (Å²) in [6, 6.07) is 21.7. The number of hydrogen-bond acceptors (Lipinski definition) is 4. The Morgan fingerprint density at radius 3 is 2.39 bits per heavy atom. The first-order chi connectivity index (χ1) is 13.6. The van der Waals surface area contributed by atoms with Gasteiger partial charge in [-0.25, -0.2) is 0 Å². The zero-order valence-corrected chi connectivity index (χ0v) is 15.4. The fourth-order valence-corrected chi connectivity index (χ4v) is 2.74. The smallest absolute Gasteiger partial charge is 0.256 e. The predicted octanol–water partition coefficient (Wildman–Crippen LogP) is 4.73. The molecule has 0 saturated heterocycles. The molecule has 0 aliphatic carbocycles. The number of hydrogen-bond donors (Lipinski definition) is 1. The average Bonchev–Trinajstić information content (AvgIpc) is 2.72. The third kappa shape index (κ3) is 4.56. The minimum absolute atomic E-state index is 0.0875. The average molecular weight is 391 g/mol. The number of anilines is 1. The van der Waals surface area contributed by atoms with Crippen LogP contribution in [0.4, 0.5) is 5.69 Å².